The van der Waals surface area contributed by atoms with Crippen LogP contribution in [0.25, 0.3) is 0 Å². The summed E-state index contributed by atoms with van der Waals surface area (Å²) in [4.78, 5) is 10.4. The summed E-state index contributed by atoms with van der Waals surface area (Å²) in [6, 6.07) is 0. The van der Waals surface area contributed by atoms with Gasteiger partial charge >= 0.3 is 0 Å². The summed E-state index contributed by atoms with van der Waals surface area (Å²) in [5.74, 6) is 1.22. The molecule has 0 spiro atoms. The molecule has 46 valence electrons. The van der Waals surface area contributed by atoms with Gasteiger partial charge in [-0.15, -0.1) is 0 Å². The molecule has 1 heteroatoms. The average molecular weight is 112 g/mol. The molecule has 0 aromatic carbocycles. The van der Waals surface area contributed by atoms with Crippen LogP contribution in [0.2, 0.25) is 0 Å². The Balaban J connectivity index is 2.06. The van der Waals surface area contributed by atoms with Gasteiger partial charge in [-0.1, -0.05) is 13.3 Å². The van der Waals surface area contributed by atoms with Crippen LogP contribution in [-0.4, -0.2) is 5.78 Å². The zero-order valence-corrected chi connectivity index (χ0v) is 5.31. The molecule has 1 aliphatic rings. The molecule has 8 heavy (non-hydrogen) atoms. The van der Waals surface area contributed by atoms with E-state index >= 15 is 0 Å². The predicted octanol–water partition coefficient (Wildman–Crippen LogP) is 1.77. The summed E-state index contributed by atoms with van der Waals surface area (Å²) >= 11 is 0. The molecular weight excluding hydrogens is 100 g/mol. The average Bonchev–Trinajstić information content (AvgIpc) is 1.64. The lowest BCUT2D eigenvalue weighted by molar-refractivity contribution is -0.126. The number of hydrogen-bond acceptors (Lipinski definition) is 1. The van der Waals surface area contributed by atoms with E-state index in [2.05, 4.69) is 6.92 Å². The van der Waals surface area contributed by atoms with Crippen molar-refractivity contribution in [2.45, 2.75) is 32.6 Å². The second-order valence-electron chi connectivity index (χ2n) is 2.60. The SMILES string of the molecule is CCCC1CC(=O)C1. The summed E-state index contributed by atoms with van der Waals surface area (Å²) in [5, 5.41) is 0. The van der Waals surface area contributed by atoms with Gasteiger partial charge in [0.25, 0.3) is 0 Å². The third kappa shape index (κ3) is 1.09. The maximum atomic E-state index is 10.4. The first-order valence-electron chi connectivity index (χ1n) is 3.34. The van der Waals surface area contributed by atoms with Crippen LogP contribution in [0.3, 0.4) is 0 Å². The third-order valence-corrected chi connectivity index (χ3v) is 1.73. The Morgan fingerprint density at radius 2 is 2.25 bits per heavy atom. The lowest BCUT2D eigenvalue weighted by atomic mass is 9.81. The van der Waals surface area contributed by atoms with Crippen molar-refractivity contribution < 1.29 is 4.79 Å². The van der Waals surface area contributed by atoms with Gasteiger partial charge in [0.05, 0.1) is 0 Å². The van der Waals surface area contributed by atoms with E-state index in [1.165, 1.54) is 12.8 Å². The van der Waals surface area contributed by atoms with Gasteiger partial charge in [0.2, 0.25) is 0 Å². The summed E-state index contributed by atoms with van der Waals surface area (Å²) in [6.45, 7) is 2.17. The summed E-state index contributed by atoms with van der Waals surface area (Å²) in [6.07, 6.45) is 4.23. The van der Waals surface area contributed by atoms with Crippen LogP contribution in [0.5, 0.6) is 0 Å². The van der Waals surface area contributed by atoms with E-state index in [4.69, 9.17) is 0 Å². The molecule has 0 N–H and O–H groups in total. The number of Topliss-reactive ketones (excluding diaryl/α,β-unsaturated/α-hetero) is 1. The van der Waals surface area contributed by atoms with Crippen molar-refractivity contribution in [3.63, 3.8) is 0 Å². The van der Waals surface area contributed by atoms with Crippen molar-refractivity contribution in [3.8, 4) is 0 Å². The molecule has 0 heterocycles. The first-order chi connectivity index (χ1) is 3.83. The van der Waals surface area contributed by atoms with Gasteiger partial charge in [-0.05, 0) is 12.3 Å². The van der Waals surface area contributed by atoms with E-state index in [1.54, 1.807) is 0 Å². The molecular formula is C7H12O. The minimum absolute atomic E-state index is 0.462. The Hall–Kier alpha value is -0.330. The molecule has 0 aliphatic heterocycles. The van der Waals surface area contributed by atoms with Gasteiger partial charge in [-0.3, -0.25) is 4.79 Å². The highest BCUT2D eigenvalue weighted by Gasteiger charge is 2.24. The normalized spacial score (nSPS) is 20.9. The van der Waals surface area contributed by atoms with E-state index in [0.717, 1.165) is 18.8 Å². The van der Waals surface area contributed by atoms with Crippen molar-refractivity contribution in [3.05, 3.63) is 0 Å². The highest BCUT2D eigenvalue weighted by Crippen LogP contribution is 2.26. The standard InChI is InChI=1S/C7H12O/c1-2-3-6-4-7(8)5-6/h6H,2-5H2,1H3. The Morgan fingerprint density at radius 3 is 2.62 bits per heavy atom. The van der Waals surface area contributed by atoms with Gasteiger partial charge in [-0.25, -0.2) is 0 Å². The number of rotatable bonds is 2. The Bertz CT molecular complexity index is 88.6. The second kappa shape index (κ2) is 2.29. The van der Waals surface area contributed by atoms with E-state index in [9.17, 15) is 4.79 Å². The Kier molecular flexibility index (Phi) is 1.66. The molecule has 1 rings (SSSR count). The molecule has 0 saturated heterocycles. The molecule has 0 atom stereocenters. The summed E-state index contributed by atoms with van der Waals surface area (Å²) in [5.41, 5.74) is 0. The van der Waals surface area contributed by atoms with Crippen molar-refractivity contribution in [1.29, 1.82) is 0 Å². The van der Waals surface area contributed by atoms with Gasteiger partial charge in [0.15, 0.2) is 0 Å². The van der Waals surface area contributed by atoms with Crippen LogP contribution in [-0.2, 0) is 4.79 Å². The van der Waals surface area contributed by atoms with Crippen LogP contribution >= 0.6 is 0 Å². The quantitative estimate of drug-likeness (QED) is 0.532. The molecule has 1 aliphatic carbocycles. The molecule has 1 saturated carbocycles. The van der Waals surface area contributed by atoms with E-state index in [0.29, 0.717) is 5.78 Å². The first-order valence-corrected chi connectivity index (χ1v) is 3.34. The van der Waals surface area contributed by atoms with Gasteiger partial charge < -0.3 is 0 Å². The molecule has 0 radical (unpaired) electrons. The zero-order chi connectivity index (χ0) is 5.98. The minimum atomic E-state index is 0.462. The van der Waals surface area contributed by atoms with Crippen LogP contribution in [0.15, 0.2) is 0 Å². The fraction of sp³-hybridized carbons (Fsp3) is 0.857. The summed E-state index contributed by atoms with van der Waals surface area (Å²) in [7, 11) is 0. The molecule has 1 nitrogen and oxygen atoms in total. The van der Waals surface area contributed by atoms with Crippen molar-refractivity contribution in [2.24, 2.45) is 5.92 Å². The van der Waals surface area contributed by atoms with Crippen molar-refractivity contribution in [1.82, 2.24) is 0 Å². The Morgan fingerprint density at radius 1 is 1.62 bits per heavy atom. The Labute approximate surface area is 50.1 Å². The smallest absolute Gasteiger partial charge is 0.133 e. The zero-order valence-electron chi connectivity index (χ0n) is 5.31. The van der Waals surface area contributed by atoms with Gasteiger partial charge in [0, 0.05) is 12.8 Å². The third-order valence-electron chi connectivity index (χ3n) is 1.73. The molecule has 1 fully saturated rings. The van der Waals surface area contributed by atoms with E-state index in [1.807, 2.05) is 0 Å². The monoisotopic (exact) mass is 112 g/mol. The predicted molar refractivity (Wildman–Crippen MR) is 32.6 cm³/mol. The fourth-order valence-corrected chi connectivity index (χ4v) is 1.20. The maximum absolute atomic E-state index is 10.4. The number of hydrogen-bond donors (Lipinski definition) is 0. The van der Waals surface area contributed by atoms with Crippen molar-refractivity contribution in [2.75, 3.05) is 0 Å². The van der Waals surface area contributed by atoms with Gasteiger partial charge in [0.1, 0.15) is 5.78 Å². The lowest BCUT2D eigenvalue weighted by Crippen LogP contribution is -2.22. The molecule has 0 aromatic rings. The number of ketones is 1. The van der Waals surface area contributed by atoms with Crippen molar-refractivity contribution >= 4 is 5.78 Å². The maximum Gasteiger partial charge on any atom is 0.133 e. The van der Waals surface area contributed by atoms with Crippen LogP contribution in [0, 0.1) is 5.92 Å². The second-order valence-corrected chi connectivity index (χ2v) is 2.60. The van der Waals surface area contributed by atoms with Crippen LogP contribution in [0.4, 0.5) is 0 Å². The highest BCUT2D eigenvalue weighted by molar-refractivity contribution is 5.84. The summed E-state index contributed by atoms with van der Waals surface area (Å²) < 4.78 is 0. The number of carbonyl (C=O) groups excluding carboxylic acids is 1. The van der Waals surface area contributed by atoms with E-state index in [-0.39, 0.29) is 0 Å². The largest absolute Gasteiger partial charge is 0.300 e. The molecule has 0 aromatic heterocycles. The van der Waals surface area contributed by atoms with E-state index < -0.39 is 0 Å². The molecule has 0 unspecified atom stereocenters. The molecule has 0 bridgehead atoms. The highest BCUT2D eigenvalue weighted by atomic mass is 16.1. The minimum Gasteiger partial charge on any atom is -0.300 e. The van der Waals surface area contributed by atoms with Crippen LogP contribution < -0.4 is 0 Å². The number of carbonyl (C=O) groups is 1. The lowest BCUT2D eigenvalue weighted by Gasteiger charge is -2.22. The van der Waals surface area contributed by atoms with Crippen LogP contribution in [0.1, 0.15) is 32.6 Å². The topological polar surface area (TPSA) is 17.1 Å². The first kappa shape index (κ1) is 5.80. The fourth-order valence-electron chi connectivity index (χ4n) is 1.20. The molecule has 0 amide bonds. The van der Waals surface area contributed by atoms with Gasteiger partial charge in [-0.2, -0.15) is 0 Å².